The van der Waals surface area contributed by atoms with Crippen molar-refractivity contribution < 1.29 is 19.0 Å². The summed E-state index contributed by atoms with van der Waals surface area (Å²) in [6.07, 6.45) is 4.97. The van der Waals surface area contributed by atoms with Crippen LogP contribution >= 0.6 is 0 Å². The van der Waals surface area contributed by atoms with Crippen molar-refractivity contribution in [3.63, 3.8) is 0 Å². The molecule has 4 rings (SSSR count). The van der Waals surface area contributed by atoms with Crippen LogP contribution in [-0.2, 0) is 9.53 Å². The molecule has 148 valence electrons. The quantitative estimate of drug-likeness (QED) is 0.732. The Hall–Kier alpha value is -1.79. The Morgan fingerprint density at radius 3 is 2.70 bits per heavy atom. The first-order valence-electron chi connectivity index (χ1n) is 10.1. The van der Waals surface area contributed by atoms with Gasteiger partial charge in [-0.1, -0.05) is 12.1 Å². The minimum absolute atomic E-state index is 0.0142. The molecular weight excluding hydrogens is 344 g/mol. The molecule has 3 aliphatic rings. The van der Waals surface area contributed by atoms with Gasteiger partial charge in [0.1, 0.15) is 5.60 Å². The molecule has 0 radical (unpaired) electrons. The number of likely N-dealkylation sites (tertiary alicyclic amines) is 2. The Morgan fingerprint density at radius 1 is 1.22 bits per heavy atom. The van der Waals surface area contributed by atoms with E-state index in [1.54, 1.807) is 7.11 Å². The summed E-state index contributed by atoms with van der Waals surface area (Å²) < 4.78 is 17.1. The second kappa shape index (κ2) is 8.07. The van der Waals surface area contributed by atoms with Gasteiger partial charge in [-0.15, -0.1) is 0 Å². The van der Waals surface area contributed by atoms with Crippen LogP contribution in [0.2, 0.25) is 0 Å². The van der Waals surface area contributed by atoms with Crippen LogP contribution in [0.5, 0.6) is 11.5 Å². The van der Waals surface area contributed by atoms with Crippen LogP contribution in [-0.4, -0.2) is 74.4 Å². The van der Waals surface area contributed by atoms with Crippen molar-refractivity contribution in [2.75, 3.05) is 53.0 Å². The number of nitrogens with zero attached hydrogens (tertiary/aromatic N) is 2. The lowest BCUT2D eigenvalue weighted by Crippen LogP contribution is -2.66. The number of rotatable bonds is 7. The van der Waals surface area contributed by atoms with Gasteiger partial charge >= 0.3 is 0 Å². The highest BCUT2D eigenvalue weighted by molar-refractivity contribution is 5.79. The summed E-state index contributed by atoms with van der Waals surface area (Å²) in [6.45, 7) is 5.91. The van der Waals surface area contributed by atoms with Gasteiger partial charge in [0.25, 0.3) is 5.91 Å². The summed E-state index contributed by atoms with van der Waals surface area (Å²) in [5.41, 5.74) is -0.111. The average Bonchev–Trinajstić information content (AvgIpc) is 3.32. The monoisotopic (exact) mass is 374 g/mol. The average molecular weight is 374 g/mol. The molecule has 6 nitrogen and oxygen atoms in total. The molecule has 3 fully saturated rings. The van der Waals surface area contributed by atoms with Gasteiger partial charge in [0.15, 0.2) is 18.1 Å². The molecule has 1 spiro atoms. The highest BCUT2D eigenvalue weighted by Crippen LogP contribution is 2.42. The van der Waals surface area contributed by atoms with Crippen molar-refractivity contribution >= 4 is 5.91 Å². The van der Waals surface area contributed by atoms with E-state index in [0.29, 0.717) is 30.5 Å². The van der Waals surface area contributed by atoms with Crippen LogP contribution in [0, 0.1) is 5.92 Å². The number of ether oxygens (including phenoxy) is 3. The fourth-order valence-electron chi connectivity index (χ4n) is 4.63. The summed E-state index contributed by atoms with van der Waals surface area (Å²) in [5.74, 6) is 1.83. The van der Waals surface area contributed by atoms with E-state index in [2.05, 4.69) is 4.90 Å². The lowest BCUT2D eigenvalue weighted by Gasteiger charge is -2.50. The molecule has 0 aliphatic carbocycles. The highest BCUT2D eigenvalue weighted by atomic mass is 16.5. The maximum atomic E-state index is 12.5. The van der Waals surface area contributed by atoms with Crippen LogP contribution in [0.1, 0.15) is 25.7 Å². The van der Waals surface area contributed by atoms with Gasteiger partial charge in [0.2, 0.25) is 0 Å². The molecule has 6 heteroatoms. The zero-order valence-electron chi connectivity index (χ0n) is 16.2. The van der Waals surface area contributed by atoms with Crippen molar-refractivity contribution in [1.82, 2.24) is 9.80 Å². The second-order valence-electron chi connectivity index (χ2n) is 7.93. The van der Waals surface area contributed by atoms with Crippen molar-refractivity contribution in [2.45, 2.75) is 31.3 Å². The van der Waals surface area contributed by atoms with E-state index in [1.807, 2.05) is 29.2 Å². The van der Waals surface area contributed by atoms with Gasteiger partial charge in [-0.3, -0.25) is 4.79 Å². The molecule has 0 saturated carbocycles. The first kappa shape index (κ1) is 18.6. The van der Waals surface area contributed by atoms with Crippen molar-refractivity contribution in [1.29, 1.82) is 0 Å². The number of carbonyl (C=O) groups excluding carboxylic acids is 1. The van der Waals surface area contributed by atoms with Gasteiger partial charge in [-0.25, -0.2) is 0 Å². The summed E-state index contributed by atoms with van der Waals surface area (Å²) in [5, 5.41) is 0. The minimum Gasteiger partial charge on any atom is -0.493 e. The molecule has 3 saturated heterocycles. The Bertz CT molecular complexity index is 653. The Kier molecular flexibility index (Phi) is 5.55. The van der Waals surface area contributed by atoms with Crippen LogP contribution < -0.4 is 9.47 Å². The Balaban J connectivity index is 1.25. The maximum Gasteiger partial charge on any atom is 0.260 e. The predicted molar refractivity (Wildman–Crippen MR) is 102 cm³/mol. The number of benzene rings is 1. The topological polar surface area (TPSA) is 51.2 Å². The number of hydrogen-bond acceptors (Lipinski definition) is 5. The fourth-order valence-corrected chi connectivity index (χ4v) is 4.63. The van der Waals surface area contributed by atoms with Gasteiger partial charge < -0.3 is 24.0 Å². The van der Waals surface area contributed by atoms with E-state index < -0.39 is 0 Å². The van der Waals surface area contributed by atoms with Crippen LogP contribution in [0.15, 0.2) is 24.3 Å². The number of hydrogen-bond donors (Lipinski definition) is 0. The number of carbonyl (C=O) groups is 1. The highest BCUT2D eigenvalue weighted by Gasteiger charge is 2.54. The summed E-state index contributed by atoms with van der Waals surface area (Å²) >= 11 is 0. The fraction of sp³-hybridized carbons (Fsp3) is 0.667. The van der Waals surface area contributed by atoms with E-state index in [-0.39, 0.29) is 18.1 Å². The number of amides is 1. The van der Waals surface area contributed by atoms with E-state index >= 15 is 0 Å². The third kappa shape index (κ3) is 3.92. The Labute approximate surface area is 161 Å². The number of methoxy groups -OCH3 is 1. The van der Waals surface area contributed by atoms with E-state index in [9.17, 15) is 4.79 Å². The zero-order valence-corrected chi connectivity index (χ0v) is 16.2. The predicted octanol–water partition coefficient (Wildman–Crippen LogP) is 2.18. The molecule has 0 bridgehead atoms. The van der Waals surface area contributed by atoms with E-state index in [1.165, 1.54) is 38.9 Å². The van der Waals surface area contributed by atoms with Crippen LogP contribution in [0.4, 0.5) is 0 Å². The lowest BCUT2D eigenvalue weighted by molar-refractivity contribution is -0.167. The molecule has 27 heavy (non-hydrogen) atoms. The first-order chi connectivity index (χ1) is 13.2. The molecule has 0 N–H and O–H groups in total. The molecule has 3 aliphatic heterocycles. The molecular formula is C21H30N2O4. The molecule has 1 aromatic rings. The first-order valence-corrected chi connectivity index (χ1v) is 10.1. The largest absolute Gasteiger partial charge is 0.493 e. The summed E-state index contributed by atoms with van der Waals surface area (Å²) in [6, 6.07) is 7.40. The molecule has 1 atom stereocenters. The molecule has 1 aromatic carbocycles. The van der Waals surface area contributed by atoms with Crippen LogP contribution in [0.3, 0.4) is 0 Å². The van der Waals surface area contributed by atoms with Crippen LogP contribution in [0.25, 0.3) is 0 Å². The van der Waals surface area contributed by atoms with Gasteiger partial charge in [0.05, 0.1) is 20.2 Å². The SMILES string of the molecule is COc1ccccc1OCC(=O)N1CC2(C1)OCC[C@H]2CCN1CCCC1. The van der Waals surface area contributed by atoms with Crippen molar-refractivity contribution in [3.05, 3.63) is 24.3 Å². The van der Waals surface area contributed by atoms with E-state index in [0.717, 1.165) is 13.0 Å². The summed E-state index contributed by atoms with van der Waals surface area (Å²) in [7, 11) is 1.60. The van der Waals surface area contributed by atoms with Gasteiger partial charge in [-0.2, -0.15) is 0 Å². The Morgan fingerprint density at radius 2 is 1.96 bits per heavy atom. The standard InChI is InChI=1S/C21H30N2O4/c1-25-18-6-2-3-7-19(18)26-14-20(24)23-15-21(16-23)17(9-13-27-21)8-12-22-10-4-5-11-22/h2-3,6-7,17H,4-5,8-16H2,1H3/t17-/m1/s1. The lowest BCUT2D eigenvalue weighted by atomic mass is 9.79. The van der Waals surface area contributed by atoms with E-state index in [4.69, 9.17) is 14.2 Å². The van der Waals surface area contributed by atoms with Crippen molar-refractivity contribution in [3.8, 4) is 11.5 Å². The smallest absolute Gasteiger partial charge is 0.260 e. The molecule has 0 unspecified atom stereocenters. The molecule has 1 amide bonds. The molecule has 3 heterocycles. The van der Waals surface area contributed by atoms with Gasteiger partial charge in [-0.05, 0) is 63.4 Å². The third-order valence-corrected chi connectivity index (χ3v) is 6.28. The second-order valence-corrected chi connectivity index (χ2v) is 7.93. The van der Waals surface area contributed by atoms with Gasteiger partial charge in [0, 0.05) is 6.61 Å². The minimum atomic E-state index is -0.111. The molecule has 0 aromatic heterocycles. The maximum absolute atomic E-state index is 12.5. The number of para-hydroxylation sites is 2. The normalized spacial score (nSPS) is 24.2. The van der Waals surface area contributed by atoms with Crippen molar-refractivity contribution in [2.24, 2.45) is 5.92 Å². The zero-order chi connectivity index (χ0) is 18.7. The third-order valence-electron chi connectivity index (χ3n) is 6.28. The summed E-state index contributed by atoms with van der Waals surface area (Å²) in [4.78, 5) is 16.9.